The lowest BCUT2D eigenvalue weighted by Gasteiger charge is -2.11. The lowest BCUT2D eigenvalue weighted by atomic mass is 10.1. The second kappa shape index (κ2) is 11.5. The summed E-state index contributed by atoms with van der Waals surface area (Å²) in [6.45, 7) is 2.89. The van der Waals surface area contributed by atoms with Crippen LogP contribution in [0.25, 0.3) is 0 Å². The van der Waals surface area contributed by atoms with E-state index in [9.17, 15) is 9.59 Å². The molecule has 1 rings (SSSR count). The lowest BCUT2D eigenvalue weighted by Crippen LogP contribution is -2.37. The first-order chi connectivity index (χ1) is 11.5. The average molecular weight is 336 g/mol. The number of hydrogen-bond donors (Lipinski definition) is 3. The quantitative estimate of drug-likeness (QED) is 0.509. The Hall–Kier alpha value is -2.08. The number of carboxylic acid groups (broad SMARTS) is 1. The third kappa shape index (κ3) is 8.53. The first-order valence-electron chi connectivity index (χ1n) is 8.54. The first-order valence-corrected chi connectivity index (χ1v) is 8.54. The molecule has 0 aliphatic carbocycles. The van der Waals surface area contributed by atoms with Gasteiger partial charge in [0.1, 0.15) is 5.75 Å². The Morgan fingerprint density at radius 2 is 1.75 bits per heavy atom. The normalized spacial score (nSPS) is 11.8. The Morgan fingerprint density at radius 3 is 2.38 bits per heavy atom. The van der Waals surface area contributed by atoms with Crippen molar-refractivity contribution in [1.82, 2.24) is 0 Å². The summed E-state index contributed by atoms with van der Waals surface area (Å²) in [5.41, 5.74) is 6.07. The number of ether oxygens (including phenoxy) is 1. The van der Waals surface area contributed by atoms with E-state index in [0.29, 0.717) is 12.3 Å². The van der Waals surface area contributed by atoms with Crippen LogP contribution in [0.4, 0.5) is 5.69 Å². The van der Waals surface area contributed by atoms with Crippen molar-refractivity contribution in [1.29, 1.82) is 0 Å². The molecular weight excluding hydrogens is 308 g/mol. The summed E-state index contributed by atoms with van der Waals surface area (Å²) in [6.07, 6.45) is 6.89. The Bertz CT molecular complexity index is 502. The molecule has 0 saturated heterocycles. The van der Waals surface area contributed by atoms with Gasteiger partial charge in [-0.2, -0.15) is 0 Å². The molecule has 0 unspecified atom stereocenters. The van der Waals surface area contributed by atoms with Gasteiger partial charge in [-0.25, -0.2) is 0 Å². The van der Waals surface area contributed by atoms with Gasteiger partial charge in [0, 0.05) is 5.69 Å². The molecular formula is C18H28N2O4. The molecule has 24 heavy (non-hydrogen) atoms. The topological polar surface area (TPSA) is 102 Å². The average Bonchev–Trinajstić information content (AvgIpc) is 2.55. The van der Waals surface area contributed by atoms with Crippen LogP contribution in [0, 0.1) is 0 Å². The van der Waals surface area contributed by atoms with Crippen LogP contribution in [0.5, 0.6) is 5.75 Å². The van der Waals surface area contributed by atoms with E-state index >= 15 is 0 Å². The molecule has 1 amide bonds. The molecule has 0 aliphatic rings. The number of carbonyl (C=O) groups excluding carboxylic acids is 1. The molecule has 4 N–H and O–H groups in total. The number of aliphatic carboxylic acids is 1. The van der Waals surface area contributed by atoms with Crippen LogP contribution in [0.1, 0.15) is 51.9 Å². The monoisotopic (exact) mass is 336 g/mol. The van der Waals surface area contributed by atoms with Crippen LogP contribution in [0.3, 0.4) is 0 Å². The number of nitrogens with two attached hydrogens (primary N) is 1. The van der Waals surface area contributed by atoms with Crippen molar-refractivity contribution < 1.29 is 19.4 Å². The standard InChI is InChI=1S/C18H28N2O4/c1-2-3-4-5-6-7-12-24-15-10-8-14(9-11-15)20-18(23)16(19)13-17(21)22/h8-11,16H,2-7,12-13,19H2,1H3,(H,20,23)(H,21,22)/t16-/m0/s1. The highest BCUT2D eigenvalue weighted by atomic mass is 16.5. The van der Waals surface area contributed by atoms with E-state index < -0.39 is 24.3 Å². The Kier molecular flexibility index (Phi) is 9.53. The molecule has 0 aromatic heterocycles. The summed E-state index contributed by atoms with van der Waals surface area (Å²) in [7, 11) is 0. The SMILES string of the molecule is CCCCCCCCOc1ccc(NC(=O)[C@@H](N)CC(=O)O)cc1. The highest BCUT2D eigenvalue weighted by molar-refractivity contribution is 5.96. The smallest absolute Gasteiger partial charge is 0.305 e. The zero-order chi connectivity index (χ0) is 17.8. The van der Waals surface area contributed by atoms with E-state index in [1.165, 1.54) is 32.1 Å². The minimum atomic E-state index is -1.10. The third-order valence-corrected chi connectivity index (χ3v) is 3.62. The number of hydrogen-bond acceptors (Lipinski definition) is 4. The van der Waals surface area contributed by atoms with Crippen molar-refractivity contribution in [3.63, 3.8) is 0 Å². The molecule has 6 nitrogen and oxygen atoms in total. The number of benzene rings is 1. The molecule has 0 fully saturated rings. The number of carbonyl (C=O) groups is 2. The van der Waals surface area contributed by atoms with E-state index in [4.69, 9.17) is 15.6 Å². The minimum absolute atomic E-state index is 0.398. The predicted octanol–water partition coefficient (Wildman–Crippen LogP) is 3.17. The second-order valence-electron chi connectivity index (χ2n) is 5.83. The molecule has 1 aromatic rings. The summed E-state index contributed by atoms with van der Waals surface area (Å²) < 4.78 is 5.66. The first kappa shape index (κ1) is 20.0. The van der Waals surface area contributed by atoms with Crippen LogP contribution < -0.4 is 15.8 Å². The van der Waals surface area contributed by atoms with E-state index in [1.807, 2.05) is 0 Å². The third-order valence-electron chi connectivity index (χ3n) is 3.62. The number of amides is 1. The maximum Gasteiger partial charge on any atom is 0.305 e. The van der Waals surface area contributed by atoms with Gasteiger partial charge in [-0.1, -0.05) is 39.0 Å². The van der Waals surface area contributed by atoms with Crippen molar-refractivity contribution in [2.45, 2.75) is 57.9 Å². The van der Waals surface area contributed by atoms with Crippen molar-refractivity contribution >= 4 is 17.6 Å². The van der Waals surface area contributed by atoms with Crippen LogP contribution >= 0.6 is 0 Å². The van der Waals surface area contributed by atoms with Crippen LogP contribution in [0.15, 0.2) is 24.3 Å². The summed E-state index contributed by atoms with van der Waals surface area (Å²) in [4.78, 5) is 22.3. The zero-order valence-electron chi connectivity index (χ0n) is 14.3. The Balaban J connectivity index is 2.27. The predicted molar refractivity (Wildman–Crippen MR) is 94.2 cm³/mol. The molecule has 0 radical (unpaired) electrons. The summed E-state index contributed by atoms with van der Waals surface area (Å²) in [6, 6.07) is 5.90. The molecule has 0 aliphatic heterocycles. The van der Waals surface area contributed by atoms with Gasteiger partial charge in [-0.05, 0) is 30.7 Å². The van der Waals surface area contributed by atoms with Gasteiger partial charge in [-0.3, -0.25) is 9.59 Å². The number of unbranched alkanes of at least 4 members (excludes halogenated alkanes) is 5. The molecule has 0 bridgehead atoms. The van der Waals surface area contributed by atoms with Crippen molar-refractivity contribution in [2.75, 3.05) is 11.9 Å². The van der Waals surface area contributed by atoms with Gasteiger partial charge in [0.2, 0.25) is 5.91 Å². The van der Waals surface area contributed by atoms with Crippen LogP contribution in [0.2, 0.25) is 0 Å². The molecule has 6 heteroatoms. The van der Waals surface area contributed by atoms with E-state index in [2.05, 4.69) is 12.2 Å². The number of nitrogens with one attached hydrogen (secondary N) is 1. The Labute approximate surface area is 143 Å². The van der Waals surface area contributed by atoms with Crippen molar-refractivity contribution in [3.8, 4) is 5.75 Å². The van der Waals surface area contributed by atoms with Gasteiger partial charge < -0.3 is 20.9 Å². The largest absolute Gasteiger partial charge is 0.494 e. The van der Waals surface area contributed by atoms with Gasteiger partial charge in [0.25, 0.3) is 0 Å². The number of carboxylic acids is 1. The summed E-state index contributed by atoms with van der Waals surface area (Å²) >= 11 is 0. The maximum absolute atomic E-state index is 11.7. The minimum Gasteiger partial charge on any atom is -0.494 e. The van der Waals surface area contributed by atoms with Crippen LogP contribution in [-0.2, 0) is 9.59 Å². The van der Waals surface area contributed by atoms with Gasteiger partial charge in [0.15, 0.2) is 0 Å². The Morgan fingerprint density at radius 1 is 1.12 bits per heavy atom. The van der Waals surface area contributed by atoms with E-state index in [-0.39, 0.29) is 0 Å². The van der Waals surface area contributed by atoms with Gasteiger partial charge in [0.05, 0.1) is 19.1 Å². The molecule has 0 spiro atoms. The summed E-state index contributed by atoms with van der Waals surface area (Å²) in [5.74, 6) is -0.870. The molecule has 0 heterocycles. The summed E-state index contributed by atoms with van der Waals surface area (Å²) in [5, 5.41) is 11.2. The number of rotatable bonds is 12. The molecule has 134 valence electrons. The van der Waals surface area contributed by atoms with Crippen molar-refractivity contribution in [2.24, 2.45) is 5.73 Å². The highest BCUT2D eigenvalue weighted by Crippen LogP contribution is 2.16. The van der Waals surface area contributed by atoms with E-state index in [0.717, 1.165) is 12.2 Å². The van der Waals surface area contributed by atoms with E-state index in [1.54, 1.807) is 24.3 Å². The van der Waals surface area contributed by atoms with Crippen molar-refractivity contribution in [3.05, 3.63) is 24.3 Å². The zero-order valence-corrected chi connectivity index (χ0v) is 14.3. The van der Waals surface area contributed by atoms with Crippen LogP contribution in [-0.4, -0.2) is 29.6 Å². The molecule has 1 aromatic carbocycles. The fraction of sp³-hybridized carbons (Fsp3) is 0.556. The van der Waals surface area contributed by atoms with Gasteiger partial charge in [-0.15, -0.1) is 0 Å². The lowest BCUT2D eigenvalue weighted by molar-refractivity contribution is -0.138. The number of anilines is 1. The second-order valence-corrected chi connectivity index (χ2v) is 5.83. The molecule has 1 atom stereocenters. The molecule has 0 saturated carbocycles. The van der Waals surface area contributed by atoms with Gasteiger partial charge >= 0.3 is 5.97 Å². The highest BCUT2D eigenvalue weighted by Gasteiger charge is 2.16. The maximum atomic E-state index is 11.7. The fourth-order valence-electron chi connectivity index (χ4n) is 2.22. The fourth-order valence-corrected chi connectivity index (χ4v) is 2.22.